The van der Waals surface area contributed by atoms with Crippen molar-refractivity contribution in [3.63, 3.8) is 0 Å². The maximum absolute atomic E-state index is 12.8. The highest BCUT2D eigenvalue weighted by molar-refractivity contribution is 7.15. The van der Waals surface area contributed by atoms with Gasteiger partial charge in [0.1, 0.15) is 10.8 Å². The first-order valence-electron chi connectivity index (χ1n) is 6.10. The van der Waals surface area contributed by atoms with Crippen LogP contribution in [0.15, 0.2) is 24.3 Å². The van der Waals surface area contributed by atoms with Gasteiger partial charge in [0, 0.05) is 13.0 Å². The topological polar surface area (TPSA) is 37.8 Å². The SMILES string of the molecule is Fc1ccc(Cc2nnc(NCC3CC3)s2)cc1. The normalized spacial score (nSPS) is 14.7. The molecule has 0 atom stereocenters. The van der Waals surface area contributed by atoms with Gasteiger partial charge in [0.05, 0.1) is 0 Å². The highest BCUT2D eigenvalue weighted by Crippen LogP contribution is 2.29. The van der Waals surface area contributed by atoms with Crippen molar-refractivity contribution < 1.29 is 4.39 Å². The van der Waals surface area contributed by atoms with Crippen molar-refractivity contribution in [2.45, 2.75) is 19.3 Å². The number of anilines is 1. The Morgan fingerprint density at radius 2 is 2.00 bits per heavy atom. The van der Waals surface area contributed by atoms with Gasteiger partial charge in [-0.05, 0) is 36.5 Å². The first-order valence-corrected chi connectivity index (χ1v) is 6.92. The van der Waals surface area contributed by atoms with Crippen LogP contribution in [0.4, 0.5) is 9.52 Å². The van der Waals surface area contributed by atoms with Crippen molar-refractivity contribution in [1.82, 2.24) is 10.2 Å². The number of halogens is 1. The Hall–Kier alpha value is -1.49. The highest BCUT2D eigenvalue weighted by atomic mass is 32.1. The fourth-order valence-electron chi connectivity index (χ4n) is 1.73. The molecule has 0 amide bonds. The van der Waals surface area contributed by atoms with E-state index in [1.54, 1.807) is 23.5 Å². The number of nitrogens with zero attached hydrogens (tertiary/aromatic N) is 2. The molecule has 18 heavy (non-hydrogen) atoms. The van der Waals surface area contributed by atoms with E-state index in [1.807, 2.05) is 0 Å². The molecule has 0 aliphatic heterocycles. The zero-order chi connectivity index (χ0) is 12.4. The second-order valence-electron chi connectivity index (χ2n) is 4.63. The summed E-state index contributed by atoms with van der Waals surface area (Å²) in [6.45, 7) is 1.01. The zero-order valence-corrected chi connectivity index (χ0v) is 10.7. The Labute approximate surface area is 109 Å². The standard InChI is InChI=1S/C13H14FN3S/c14-11-5-3-9(4-6-11)7-12-16-17-13(18-12)15-8-10-1-2-10/h3-6,10H,1-2,7-8H2,(H,15,17). The van der Waals surface area contributed by atoms with Gasteiger partial charge in [0.25, 0.3) is 0 Å². The first kappa shape index (κ1) is 11.6. The minimum atomic E-state index is -0.206. The van der Waals surface area contributed by atoms with E-state index in [1.165, 1.54) is 25.0 Å². The van der Waals surface area contributed by atoms with Crippen LogP contribution in [0.5, 0.6) is 0 Å². The molecule has 1 aromatic heterocycles. The van der Waals surface area contributed by atoms with E-state index >= 15 is 0 Å². The van der Waals surface area contributed by atoms with Gasteiger partial charge < -0.3 is 5.32 Å². The van der Waals surface area contributed by atoms with Crippen molar-refractivity contribution in [3.8, 4) is 0 Å². The van der Waals surface area contributed by atoms with Gasteiger partial charge in [-0.3, -0.25) is 0 Å². The van der Waals surface area contributed by atoms with Crippen LogP contribution in [-0.4, -0.2) is 16.7 Å². The molecule has 2 aromatic rings. The monoisotopic (exact) mass is 263 g/mol. The molecule has 94 valence electrons. The summed E-state index contributed by atoms with van der Waals surface area (Å²) in [7, 11) is 0. The summed E-state index contributed by atoms with van der Waals surface area (Å²) in [6.07, 6.45) is 3.37. The maximum atomic E-state index is 12.8. The van der Waals surface area contributed by atoms with E-state index in [0.29, 0.717) is 6.42 Å². The quantitative estimate of drug-likeness (QED) is 0.900. The third-order valence-electron chi connectivity index (χ3n) is 2.97. The fraction of sp³-hybridized carbons (Fsp3) is 0.385. The minimum Gasteiger partial charge on any atom is -0.360 e. The largest absolute Gasteiger partial charge is 0.360 e. The van der Waals surface area contributed by atoms with Gasteiger partial charge in [-0.2, -0.15) is 0 Å². The molecule has 1 aliphatic carbocycles. The van der Waals surface area contributed by atoms with Crippen molar-refractivity contribution in [2.75, 3.05) is 11.9 Å². The molecule has 0 radical (unpaired) electrons. The number of aromatic nitrogens is 2. The number of benzene rings is 1. The summed E-state index contributed by atoms with van der Waals surface area (Å²) < 4.78 is 12.8. The van der Waals surface area contributed by atoms with Crippen LogP contribution in [0, 0.1) is 11.7 Å². The minimum absolute atomic E-state index is 0.206. The van der Waals surface area contributed by atoms with Crippen LogP contribution < -0.4 is 5.32 Å². The van der Waals surface area contributed by atoms with E-state index in [2.05, 4.69) is 15.5 Å². The van der Waals surface area contributed by atoms with E-state index in [9.17, 15) is 4.39 Å². The summed E-state index contributed by atoms with van der Waals surface area (Å²) >= 11 is 1.57. The van der Waals surface area contributed by atoms with Gasteiger partial charge in [-0.15, -0.1) is 10.2 Å². The maximum Gasteiger partial charge on any atom is 0.205 e. The third kappa shape index (κ3) is 3.04. The number of hydrogen-bond donors (Lipinski definition) is 1. The number of hydrogen-bond acceptors (Lipinski definition) is 4. The molecule has 1 heterocycles. The zero-order valence-electron chi connectivity index (χ0n) is 9.90. The van der Waals surface area contributed by atoms with Crippen LogP contribution >= 0.6 is 11.3 Å². The van der Waals surface area contributed by atoms with Crippen LogP contribution in [-0.2, 0) is 6.42 Å². The molecule has 1 saturated carbocycles. The summed E-state index contributed by atoms with van der Waals surface area (Å²) in [6, 6.07) is 6.52. The Balaban J connectivity index is 1.60. The molecule has 0 saturated heterocycles. The summed E-state index contributed by atoms with van der Waals surface area (Å²) in [5.41, 5.74) is 1.06. The van der Waals surface area contributed by atoms with Crippen LogP contribution in [0.25, 0.3) is 0 Å². The van der Waals surface area contributed by atoms with Gasteiger partial charge in [-0.25, -0.2) is 4.39 Å². The Morgan fingerprint density at radius 3 is 2.72 bits per heavy atom. The van der Waals surface area contributed by atoms with Gasteiger partial charge >= 0.3 is 0 Å². The predicted molar refractivity (Wildman–Crippen MR) is 70.3 cm³/mol. The molecule has 1 N–H and O–H groups in total. The van der Waals surface area contributed by atoms with Crippen molar-refractivity contribution >= 4 is 16.5 Å². The third-order valence-corrected chi connectivity index (χ3v) is 3.86. The van der Waals surface area contributed by atoms with E-state index in [4.69, 9.17) is 0 Å². The van der Waals surface area contributed by atoms with Crippen molar-refractivity contribution in [1.29, 1.82) is 0 Å². The van der Waals surface area contributed by atoms with E-state index in [-0.39, 0.29) is 5.82 Å². The van der Waals surface area contributed by atoms with Crippen LogP contribution in [0.2, 0.25) is 0 Å². The predicted octanol–water partition coefficient (Wildman–Crippen LogP) is 3.09. The molecular weight excluding hydrogens is 249 g/mol. The molecule has 0 bridgehead atoms. The molecule has 0 unspecified atom stereocenters. The second-order valence-corrected chi connectivity index (χ2v) is 5.69. The molecule has 1 aliphatic rings. The van der Waals surface area contributed by atoms with Gasteiger partial charge in [0.15, 0.2) is 0 Å². The highest BCUT2D eigenvalue weighted by Gasteiger charge is 2.21. The van der Waals surface area contributed by atoms with Crippen LogP contribution in [0.3, 0.4) is 0 Å². The van der Waals surface area contributed by atoms with Gasteiger partial charge in [-0.1, -0.05) is 23.5 Å². The molecular formula is C13H14FN3S. The lowest BCUT2D eigenvalue weighted by atomic mass is 10.2. The Kier molecular flexibility index (Phi) is 3.23. The van der Waals surface area contributed by atoms with Crippen LogP contribution in [0.1, 0.15) is 23.4 Å². The molecule has 3 rings (SSSR count). The molecule has 3 nitrogen and oxygen atoms in total. The summed E-state index contributed by atoms with van der Waals surface area (Å²) in [5, 5.41) is 13.4. The lowest BCUT2D eigenvalue weighted by Crippen LogP contribution is -2.02. The second kappa shape index (κ2) is 5.02. The van der Waals surface area contributed by atoms with E-state index < -0.39 is 0 Å². The van der Waals surface area contributed by atoms with E-state index in [0.717, 1.165) is 28.2 Å². The first-order chi connectivity index (χ1) is 8.79. The van der Waals surface area contributed by atoms with Crippen molar-refractivity contribution in [3.05, 3.63) is 40.7 Å². The van der Waals surface area contributed by atoms with Crippen molar-refractivity contribution in [2.24, 2.45) is 5.92 Å². The Bertz CT molecular complexity index is 519. The molecule has 5 heteroatoms. The number of nitrogens with one attached hydrogen (secondary N) is 1. The molecule has 1 aromatic carbocycles. The molecule has 0 spiro atoms. The molecule has 1 fully saturated rings. The lowest BCUT2D eigenvalue weighted by molar-refractivity contribution is 0.627. The lowest BCUT2D eigenvalue weighted by Gasteiger charge is -1.98. The average molecular weight is 263 g/mol. The fourth-order valence-corrected chi connectivity index (χ4v) is 2.51. The summed E-state index contributed by atoms with van der Waals surface area (Å²) in [4.78, 5) is 0. The van der Waals surface area contributed by atoms with Gasteiger partial charge in [0.2, 0.25) is 5.13 Å². The number of rotatable bonds is 5. The average Bonchev–Trinajstić information content (AvgIpc) is 3.10. The summed E-state index contributed by atoms with van der Waals surface area (Å²) in [5.74, 6) is 0.622. The smallest absolute Gasteiger partial charge is 0.205 e. The Morgan fingerprint density at radius 1 is 1.22 bits per heavy atom.